The third-order valence-corrected chi connectivity index (χ3v) is 5.19. The molecule has 2 aromatic rings. The van der Waals surface area contributed by atoms with Gasteiger partial charge in [0.2, 0.25) is 5.91 Å². The highest BCUT2D eigenvalue weighted by Crippen LogP contribution is 2.33. The quantitative estimate of drug-likeness (QED) is 0.370. The molecular weight excluding hydrogens is 380 g/mol. The summed E-state index contributed by atoms with van der Waals surface area (Å²) in [4.78, 5) is 10.9. The first-order valence-electron chi connectivity index (χ1n) is 10.5. The van der Waals surface area contributed by atoms with Gasteiger partial charge in [-0.05, 0) is 60.2 Å². The fraction of sp³-hybridized carbons (Fsp3) is 0.417. The van der Waals surface area contributed by atoms with E-state index in [9.17, 15) is 4.79 Å². The summed E-state index contributed by atoms with van der Waals surface area (Å²) in [6, 6.07) is 13.9. The molecule has 0 radical (unpaired) electrons. The summed E-state index contributed by atoms with van der Waals surface area (Å²) in [6.45, 7) is 2.25. The van der Waals surface area contributed by atoms with Crippen molar-refractivity contribution in [2.24, 2.45) is 5.10 Å². The summed E-state index contributed by atoms with van der Waals surface area (Å²) < 4.78 is 17.0. The molecule has 3 rings (SSSR count). The molecule has 6 nitrogen and oxygen atoms in total. The van der Waals surface area contributed by atoms with Crippen LogP contribution < -0.4 is 19.6 Å². The van der Waals surface area contributed by atoms with Crippen molar-refractivity contribution in [3.63, 3.8) is 0 Å². The van der Waals surface area contributed by atoms with Crippen LogP contribution in [-0.2, 0) is 4.79 Å². The van der Waals surface area contributed by atoms with Crippen LogP contribution in [-0.4, -0.2) is 32.4 Å². The highest BCUT2D eigenvalue weighted by Gasteiger charge is 2.15. The number of ether oxygens (including phenoxy) is 3. The molecule has 160 valence electrons. The number of benzene rings is 2. The molecule has 0 spiro atoms. The first-order valence-corrected chi connectivity index (χ1v) is 10.5. The summed E-state index contributed by atoms with van der Waals surface area (Å²) in [5.74, 6) is 2.57. The largest absolute Gasteiger partial charge is 0.493 e. The van der Waals surface area contributed by atoms with Crippen LogP contribution in [0.1, 0.15) is 56.1 Å². The standard InChI is InChI=1S/C24H30N2O4/c1-18(27)26-25-17-19-8-13-23(24(16-19)28-2)30-15-14-29-22-11-9-21(10-12-22)20-6-4-3-5-7-20/h8-13,16-17,20H,3-7,14-15H2,1-2H3,(H,26,27)/b25-17+. The van der Waals surface area contributed by atoms with E-state index in [1.54, 1.807) is 19.4 Å². The van der Waals surface area contributed by atoms with Gasteiger partial charge in [0.25, 0.3) is 0 Å². The van der Waals surface area contributed by atoms with E-state index in [1.165, 1.54) is 44.6 Å². The summed E-state index contributed by atoms with van der Waals surface area (Å²) >= 11 is 0. The van der Waals surface area contributed by atoms with Crippen LogP contribution in [0.3, 0.4) is 0 Å². The van der Waals surface area contributed by atoms with E-state index in [1.807, 2.05) is 24.3 Å². The number of hydrazone groups is 1. The minimum atomic E-state index is -0.221. The Morgan fingerprint density at radius 2 is 1.77 bits per heavy atom. The maximum absolute atomic E-state index is 10.9. The Bertz CT molecular complexity index is 843. The second kappa shape index (κ2) is 11.2. The van der Waals surface area contributed by atoms with Crippen molar-refractivity contribution in [3.05, 3.63) is 53.6 Å². The van der Waals surface area contributed by atoms with Gasteiger partial charge >= 0.3 is 0 Å². The van der Waals surface area contributed by atoms with Gasteiger partial charge in [0.1, 0.15) is 19.0 Å². The molecule has 1 aliphatic rings. The fourth-order valence-corrected chi connectivity index (χ4v) is 3.66. The van der Waals surface area contributed by atoms with Gasteiger partial charge in [-0.1, -0.05) is 31.4 Å². The van der Waals surface area contributed by atoms with Crippen molar-refractivity contribution in [2.45, 2.75) is 44.9 Å². The first kappa shape index (κ1) is 21.7. The number of methoxy groups -OCH3 is 1. The lowest BCUT2D eigenvalue weighted by molar-refractivity contribution is -0.118. The van der Waals surface area contributed by atoms with Crippen LogP contribution in [0.25, 0.3) is 0 Å². The third-order valence-electron chi connectivity index (χ3n) is 5.19. The van der Waals surface area contributed by atoms with Crippen LogP contribution in [0.15, 0.2) is 47.6 Å². The Hall–Kier alpha value is -3.02. The summed E-state index contributed by atoms with van der Waals surface area (Å²) in [7, 11) is 1.58. The zero-order valence-corrected chi connectivity index (χ0v) is 17.7. The molecule has 1 aliphatic carbocycles. The van der Waals surface area contributed by atoms with Crippen molar-refractivity contribution in [1.82, 2.24) is 5.43 Å². The second-order valence-electron chi connectivity index (χ2n) is 7.44. The Balaban J connectivity index is 1.46. The number of hydrogen-bond acceptors (Lipinski definition) is 5. The molecule has 6 heteroatoms. The van der Waals surface area contributed by atoms with E-state index in [0.29, 0.717) is 30.6 Å². The van der Waals surface area contributed by atoms with Gasteiger partial charge in [0.05, 0.1) is 13.3 Å². The van der Waals surface area contributed by atoms with Gasteiger partial charge in [0, 0.05) is 6.92 Å². The molecule has 1 N–H and O–H groups in total. The van der Waals surface area contributed by atoms with Crippen LogP contribution in [0.5, 0.6) is 17.2 Å². The molecule has 2 aromatic carbocycles. The Morgan fingerprint density at radius 3 is 2.47 bits per heavy atom. The molecule has 1 saturated carbocycles. The smallest absolute Gasteiger partial charge is 0.236 e. The number of amides is 1. The molecule has 1 fully saturated rings. The maximum atomic E-state index is 10.9. The Labute approximate surface area is 178 Å². The lowest BCUT2D eigenvalue weighted by Crippen LogP contribution is -2.12. The van der Waals surface area contributed by atoms with Gasteiger partial charge in [-0.2, -0.15) is 5.10 Å². The van der Waals surface area contributed by atoms with Crippen molar-refractivity contribution in [2.75, 3.05) is 20.3 Å². The molecule has 0 unspecified atom stereocenters. The fourth-order valence-electron chi connectivity index (χ4n) is 3.66. The van der Waals surface area contributed by atoms with E-state index < -0.39 is 0 Å². The van der Waals surface area contributed by atoms with Crippen molar-refractivity contribution < 1.29 is 19.0 Å². The average Bonchev–Trinajstić information content (AvgIpc) is 2.78. The number of carbonyl (C=O) groups excluding carboxylic acids is 1. The van der Waals surface area contributed by atoms with Gasteiger partial charge in [-0.15, -0.1) is 0 Å². The molecule has 0 heterocycles. The maximum Gasteiger partial charge on any atom is 0.236 e. The summed E-state index contributed by atoms with van der Waals surface area (Å²) in [6.07, 6.45) is 8.20. The van der Waals surface area contributed by atoms with E-state index >= 15 is 0 Å². The van der Waals surface area contributed by atoms with Gasteiger partial charge < -0.3 is 14.2 Å². The molecule has 1 amide bonds. The molecule has 0 bridgehead atoms. The number of nitrogens with one attached hydrogen (secondary N) is 1. The van der Waals surface area contributed by atoms with Gasteiger partial charge in [-0.25, -0.2) is 5.43 Å². The van der Waals surface area contributed by atoms with E-state index in [4.69, 9.17) is 14.2 Å². The molecular formula is C24H30N2O4. The molecule has 0 aliphatic heterocycles. The number of carbonyl (C=O) groups is 1. The predicted molar refractivity (Wildman–Crippen MR) is 118 cm³/mol. The van der Waals surface area contributed by atoms with E-state index in [2.05, 4.69) is 22.7 Å². The minimum absolute atomic E-state index is 0.221. The Morgan fingerprint density at radius 1 is 1.03 bits per heavy atom. The predicted octanol–water partition coefficient (Wildman–Crippen LogP) is 4.67. The second-order valence-corrected chi connectivity index (χ2v) is 7.44. The normalized spacial score (nSPS) is 14.5. The highest BCUT2D eigenvalue weighted by molar-refractivity contribution is 5.82. The number of nitrogens with zero attached hydrogens (tertiary/aromatic N) is 1. The first-order chi connectivity index (χ1) is 14.7. The molecule has 0 atom stereocenters. The number of rotatable bonds is 9. The van der Waals surface area contributed by atoms with Gasteiger partial charge in [0.15, 0.2) is 11.5 Å². The lowest BCUT2D eigenvalue weighted by atomic mass is 9.84. The lowest BCUT2D eigenvalue weighted by Gasteiger charge is -2.22. The summed E-state index contributed by atoms with van der Waals surface area (Å²) in [5.41, 5.74) is 4.58. The topological polar surface area (TPSA) is 69.2 Å². The summed E-state index contributed by atoms with van der Waals surface area (Å²) in [5, 5.41) is 3.85. The van der Waals surface area contributed by atoms with Gasteiger partial charge in [-0.3, -0.25) is 4.79 Å². The minimum Gasteiger partial charge on any atom is -0.493 e. The highest BCUT2D eigenvalue weighted by atomic mass is 16.5. The molecule has 0 aromatic heterocycles. The molecule has 30 heavy (non-hydrogen) atoms. The van der Waals surface area contributed by atoms with Crippen LogP contribution >= 0.6 is 0 Å². The Kier molecular flexibility index (Phi) is 8.12. The van der Waals surface area contributed by atoms with E-state index in [0.717, 1.165) is 11.3 Å². The van der Waals surface area contributed by atoms with Crippen molar-refractivity contribution >= 4 is 12.1 Å². The zero-order chi connectivity index (χ0) is 21.2. The molecule has 0 saturated heterocycles. The number of hydrogen-bond donors (Lipinski definition) is 1. The third kappa shape index (κ3) is 6.51. The monoisotopic (exact) mass is 410 g/mol. The van der Waals surface area contributed by atoms with Crippen LogP contribution in [0.4, 0.5) is 0 Å². The van der Waals surface area contributed by atoms with Crippen molar-refractivity contribution in [1.29, 1.82) is 0 Å². The van der Waals surface area contributed by atoms with Crippen molar-refractivity contribution in [3.8, 4) is 17.2 Å². The van der Waals surface area contributed by atoms with E-state index in [-0.39, 0.29) is 5.91 Å². The van der Waals surface area contributed by atoms with Crippen LogP contribution in [0.2, 0.25) is 0 Å². The van der Waals surface area contributed by atoms with Crippen LogP contribution in [0, 0.1) is 0 Å². The zero-order valence-electron chi connectivity index (χ0n) is 17.7. The average molecular weight is 411 g/mol. The SMILES string of the molecule is COc1cc(/C=N/NC(C)=O)ccc1OCCOc1ccc(C2CCCCC2)cc1.